The molecule has 0 aromatic heterocycles. The Balaban J connectivity index is 1.87. The predicted molar refractivity (Wildman–Crippen MR) is 135 cm³/mol. The van der Waals surface area contributed by atoms with Crippen molar-refractivity contribution < 1.29 is 23.8 Å². The van der Waals surface area contributed by atoms with Crippen LogP contribution < -0.4 is 19.5 Å². The Morgan fingerprint density at radius 3 is 1.91 bits per heavy atom. The third-order valence-electron chi connectivity index (χ3n) is 5.51. The van der Waals surface area contributed by atoms with Gasteiger partial charge in [-0.2, -0.15) is 0 Å². The second-order valence-corrected chi connectivity index (χ2v) is 7.94. The molecule has 184 valence electrons. The van der Waals surface area contributed by atoms with E-state index in [2.05, 4.69) is 5.32 Å². The highest BCUT2D eigenvalue weighted by atomic mass is 16.5. The van der Waals surface area contributed by atoms with Crippen LogP contribution in [0, 0.1) is 0 Å². The van der Waals surface area contributed by atoms with Crippen LogP contribution in [0.1, 0.15) is 18.1 Å². The van der Waals surface area contributed by atoms with Gasteiger partial charge in [0, 0.05) is 37.7 Å². The van der Waals surface area contributed by atoms with Crippen molar-refractivity contribution in [2.75, 3.05) is 27.4 Å². The molecule has 0 heterocycles. The fraction of sp³-hybridized carbons (Fsp3) is 0.286. The van der Waals surface area contributed by atoms with Crippen molar-refractivity contribution in [3.05, 3.63) is 90.0 Å². The van der Waals surface area contributed by atoms with Crippen LogP contribution in [0.5, 0.6) is 17.2 Å². The highest BCUT2D eigenvalue weighted by Crippen LogP contribution is 2.27. The summed E-state index contributed by atoms with van der Waals surface area (Å²) in [5.41, 5.74) is 1.89. The SMILES string of the molecule is CCNC(=O)[C@H](Cc1ccccc1)N(Cc1ccccc1)C(=O)COc1cc(OC)cc(OC)c1. The molecule has 3 aromatic rings. The molecular weight excluding hydrogens is 444 g/mol. The van der Waals surface area contributed by atoms with Crippen LogP contribution in [-0.4, -0.2) is 50.1 Å². The molecule has 7 heteroatoms. The minimum absolute atomic E-state index is 0.205. The van der Waals surface area contributed by atoms with E-state index in [0.29, 0.717) is 30.2 Å². The molecule has 0 bridgehead atoms. The molecule has 0 aliphatic carbocycles. The van der Waals surface area contributed by atoms with Gasteiger partial charge in [0.15, 0.2) is 6.61 Å². The van der Waals surface area contributed by atoms with Crippen LogP contribution in [-0.2, 0) is 22.6 Å². The Kier molecular flexibility index (Phi) is 9.54. The van der Waals surface area contributed by atoms with E-state index in [9.17, 15) is 9.59 Å². The van der Waals surface area contributed by atoms with E-state index in [1.54, 1.807) is 37.3 Å². The van der Waals surface area contributed by atoms with Gasteiger partial charge in [-0.05, 0) is 18.1 Å². The average molecular weight is 477 g/mol. The highest BCUT2D eigenvalue weighted by Gasteiger charge is 2.30. The second-order valence-electron chi connectivity index (χ2n) is 7.94. The van der Waals surface area contributed by atoms with Gasteiger partial charge in [-0.1, -0.05) is 60.7 Å². The van der Waals surface area contributed by atoms with Gasteiger partial charge in [0.2, 0.25) is 5.91 Å². The van der Waals surface area contributed by atoms with Crippen LogP contribution >= 0.6 is 0 Å². The molecule has 0 saturated carbocycles. The number of carbonyl (C=O) groups is 2. The van der Waals surface area contributed by atoms with Crippen LogP contribution in [0.25, 0.3) is 0 Å². The number of amides is 2. The van der Waals surface area contributed by atoms with Crippen molar-refractivity contribution in [2.24, 2.45) is 0 Å². The van der Waals surface area contributed by atoms with Gasteiger partial charge in [-0.25, -0.2) is 0 Å². The third kappa shape index (κ3) is 7.50. The summed E-state index contributed by atoms with van der Waals surface area (Å²) in [6.45, 7) is 2.37. The molecule has 3 rings (SSSR count). The monoisotopic (exact) mass is 476 g/mol. The Labute approximate surface area is 206 Å². The van der Waals surface area contributed by atoms with Crippen molar-refractivity contribution in [3.63, 3.8) is 0 Å². The van der Waals surface area contributed by atoms with Crippen LogP contribution in [0.15, 0.2) is 78.9 Å². The summed E-state index contributed by atoms with van der Waals surface area (Å²) in [7, 11) is 3.09. The Bertz CT molecular complexity index is 1070. The normalized spacial score (nSPS) is 11.3. The van der Waals surface area contributed by atoms with Crippen molar-refractivity contribution >= 4 is 11.8 Å². The summed E-state index contributed by atoms with van der Waals surface area (Å²) in [4.78, 5) is 28.3. The summed E-state index contributed by atoms with van der Waals surface area (Å²) in [5.74, 6) is 1.03. The lowest BCUT2D eigenvalue weighted by molar-refractivity contribution is -0.142. The summed E-state index contributed by atoms with van der Waals surface area (Å²) < 4.78 is 16.4. The summed E-state index contributed by atoms with van der Waals surface area (Å²) in [6, 6.07) is 23.7. The molecule has 0 saturated heterocycles. The molecule has 2 amide bonds. The number of benzene rings is 3. The molecule has 0 unspecified atom stereocenters. The van der Waals surface area contributed by atoms with Crippen molar-refractivity contribution in [2.45, 2.75) is 25.9 Å². The number of ether oxygens (including phenoxy) is 3. The zero-order valence-electron chi connectivity index (χ0n) is 20.4. The first-order valence-corrected chi connectivity index (χ1v) is 11.5. The number of nitrogens with one attached hydrogen (secondary N) is 1. The van der Waals surface area contributed by atoms with Gasteiger partial charge in [-0.3, -0.25) is 9.59 Å². The number of methoxy groups -OCH3 is 2. The largest absolute Gasteiger partial charge is 0.496 e. The molecular formula is C28H32N2O5. The number of hydrogen-bond donors (Lipinski definition) is 1. The molecule has 0 aliphatic heterocycles. The smallest absolute Gasteiger partial charge is 0.261 e. The number of rotatable bonds is 12. The molecule has 1 N–H and O–H groups in total. The van der Waals surface area contributed by atoms with E-state index in [0.717, 1.165) is 11.1 Å². The predicted octanol–water partition coefficient (Wildman–Crippen LogP) is 3.86. The zero-order chi connectivity index (χ0) is 25.0. The molecule has 0 fully saturated rings. The molecule has 0 radical (unpaired) electrons. The van der Waals surface area contributed by atoms with E-state index in [4.69, 9.17) is 14.2 Å². The Morgan fingerprint density at radius 1 is 0.829 bits per heavy atom. The lowest BCUT2D eigenvalue weighted by atomic mass is 10.0. The van der Waals surface area contributed by atoms with Crippen molar-refractivity contribution in [3.8, 4) is 17.2 Å². The topological polar surface area (TPSA) is 77.1 Å². The van der Waals surface area contributed by atoms with Gasteiger partial charge in [0.1, 0.15) is 23.3 Å². The molecule has 1 atom stereocenters. The van der Waals surface area contributed by atoms with Crippen LogP contribution in [0.4, 0.5) is 0 Å². The van der Waals surface area contributed by atoms with E-state index in [-0.39, 0.29) is 25.0 Å². The molecule has 0 spiro atoms. The summed E-state index contributed by atoms with van der Waals surface area (Å²) >= 11 is 0. The number of likely N-dealkylation sites (N-methyl/N-ethyl adjacent to an activating group) is 1. The number of nitrogens with zero attached hydrogens (tertiary/aromatic N) is 1. The molecule has 3 aromatic carbocycles. The lowest BCUT2D eigenvalue weighted by Crippen LogP contribution is -2.51. The van der Waals surface area contributed by atoms with Crippen molar-refractivity contribution in [1.82, 2.24) is 10.2 Å². The second kappa shape index (κ2) is 13.0. The fourth-order valence-electron chi connectivity index (χ4n) is 3.72. The first-order chi connectivity index (χ1) is 17.0. The quantitative estimate of drug-likeness (QED) is 0.430. The van der Waals surface area contributed by atoms with E-state index >= 15 is 0 Å². The van der Waals surface area contributed by atoms with Crippen LogP contribution in [0.2, 0.25) is 0 Å². The average Bonchev–Trinajstić information content (AvgIpc) is 2.90. The van der Waals surface area contributed by atoms with E-state index in [1.165, 1.54) is 0 Å². The summed E-state index contributed by atoms with van der Waals surface area (Å²) in [6.07, 6.45) is 0.387. The first-order valence-electron chi connectivity index (χ1n) is 11.5. The van der Waals surface area contributed by atoms with Crippen molar-refractivity contribution in [1.29, 1.82) is 0 Å². The Morgan fingerprint density at radius 2 is 1.37 bits per heavy atom. The van der Waals surface area contributed by atoms with Gasteiger partial charge in [-0.15, -0.1) is 0 Å². The van der Waals surface area contributed by atoms with Gasteiger partial charge in [0.25, 0.3) is 5.91 Å². The molecule has 7 nitrogen and oxygen atoms in total. The van der Waals surface area contributed by atoms with E-state index < -0.39 is 6.04 Å². The lowest BCUT2D eigenvalue weighted by Gasteiger charge is -2.31. The standard InChI is InChI=1S/C28H32N2O5/c1-4-29-28(32)26(15-21-11-7-5-8-12-21)30(19-22-13-9-6-10-14-22)27(31)20-35-25-17-23(33-2)16-24(18-25)34-3/h5-14,16-18,26H,4,15,19-20H2,1-3H3,(H,29,32)/t26-/m0/s1. The highest BCUT2D eigenvalue weighted by molar-refractivity contribution is 5.88. The van der Waals surface area contributed by atoms with Gasteiger partial charge < -0.3 is 24.4 Å². The number of hydrogen-bond acceptors (Lipinski definition) is 5. The van der Waals surface area contributed by atoms with Crippen LogP contribution in [0.3, 0.4) is 0 Å². The third-order valence-corrected chi connectivity index (χ3v) is 5.51. The maximum absolute atomic E-state index is 13.5. The minimum Gasteiger partial charge on any atom is -0.496 e. The maximum Gasteiger partial charge on any atom is 0.261 e. The fourth-order valence-corrected chi connectivity index (χ4v) is 3.72. The molecule has 0 aliphatic rings. The minimum atomic E-state index is -0.700. The Hall–Kier alpha value is -4.00. The van der Waals surface area contributed by atoms with Gasteiger partial charge >= 0.3 is 0 Å². The van der Waals surface area contributed by atoms with Gasteiger partial charge in [0.05, 0.1) is 14.2 Å². The first kappa shape index (κ1) is 25.6. The molecule has 35 heavy (non-hydrogen) atoms. The zero-order valence-corrected chi connectivity index (χ0v) is 20.4. The maximum atomic E-state index is 13.5. The van der Waals surface area contributed by atoms with E-state index in [1.807, 2.05) is 67.6 Å². The number of carbonyl (C=O) groups excluding carboxylic acids is 2. The summed E-state index contributed by atoms with van der Waals surface area (Å²) in [5, 5.41) is 2.88.